The van der Waals surface area contributed by atoms with Crippen molar-refractivity contribution in [2.45, 2.75) is 32.4 Å². The van der Waals surface area contributed by atoms with Crippen LogP contribution in [-0.4, -0.2) is 38.9 Å². The van der Waals surface area contributed by atoms with Gasteiger partial charge in [0.15, 0.2) is 5.82 Å². The van der Waals surface area contributed by atoms with E-state index in [4.69, 9.17) is 25.3 Å². The van der Waals surface area contributed by atoms with Gasteiger partial charge in [-0.3, -0.25) is 0 Å². The SMILES string of the molecule is Nc1nc2cc(OCc3ccccc3)ccc2c2c1nc(CCCCNC(=O)O)n2CCOc1ccccc1. The van der Waals surface area contributed by atoms with Gasteiger partial charge in [0, 0.05) is 24.4 Å². The first kappa shape index (κ1) is 25.8. The highest BCUT2D eigenvalue weighted by Gasteiger charge is 2.18. The average molecular weight is 526 g/mol. The number of amides is 1. The fourth-order valence-electron chi connectivity index (χ4n) is 4.58. The number of anilines is 1. The number of rotatable bonds is 12. The molecule has 0 radical (unpaired) electrons. The number of nitrogens with zero attached hydrogens (tertiary/aromatic N) is 3. The van der Waals surface area contributed by atoms with E-state index >= 15 is 0 Å². The lowest BCUT2D eigenvalue weighted by atomic mass is 10.1. The molecular weight excluding hydrogens is 494 g/mol. The molecule has 1 amide bonds. The summed E-state index contributed by atoms with van der Waals surface area (Å²) in [5.41, 5.74) is 9.78. The second-order valence-corrected chi connectivity index (χ2v) is 9.18. The number of pyridine rings is 1. The predicted molar refractivity (Wildman–Crippen MR) is 151 cm³/mol. The molecule has 0 aliphatic carbocycles. The lowest BCUT2D eigenvalue weighted by Gasteiger charge is -2.13. The Kier molecular flexibility index (Phi) is 8.06. The molecule has 2 aromatic heterocycles. The molecule has 0 spiro atoms. The van der Waals surface area contributed by atoms with Crippen LogP contribution in [0, 0.1) is 0 Å². The van der Waals surface area contributed by atoms with Crippen LogP contribution in [-0.2, 0) is 19.6 Å². The number of aryl methyl sites for hydroxylation is 1. The van der Waals surface area contributed by atoms with Crippen molar-refractivity contribution >= 4 is 33.8 Å². The zero-order valence-corrected chi connectivity index (χ0v) is 21.5. The number of imidazole rings is 1. The first-order valence-corrected chi connectivity index (χ1v) is 13.0. The monoisotopic (exact) mass is 525 g/mol. The standard InChI is InChI=1S/C30H31N5O4/c31-29-27-28(24-15-14-23(19-25(24)33-29)39-20-21-9-3-1-4-10-21)35(17-18-38-22-11-5-2-6-12-22)26(34-27)13-7-8-16-32-30(36)37/h1-6,9-12,14-15,19,32H,7-8,13,16-18,20H2,(H2,31,33)(H,36,37). The van der Waals surface area contributed by atoms with Crippen molar-refractivity contribution in [3.05, 3.63) is 90.3 Å². The van der Waals surface area contributed by atoms with E-state index in [2.05, 4.69) is 14.9 Å². The van der Waals surface area contributed by atoms with Crippen LogP contribution in [0.5, 0.6) is 11.5 Å². The Morgan fingerprint density at radius 2 is 1.69 bits per heavy atom. The van der Waals surface area contributed by atoms with Crippen molar-refractivity contribution in [2.75, 3.05) is 18.9 Å². The molecule has 0 atom stereocenters. The molecule has 3 aromatic carbocycles. The highest BCUT2D eigenvalue weighted by atomic mass is 16.5. The molecule has 200 valence electrons. The molecule has 5 rings (SSSR count). The van der Waals surface area contributed by atoms with Crippen LogP contribution in [0.4, 0.5) is 10.6 Å². The van der Waals surface area contributed by atoms with E-state index in [1.807, 2.05) is 78.9 Å². The molecule has 0 aliphatic heterocycles. The number of nitrogens with one attached hydrogen (secondary N) is 1. The molecule has 0 saturated carbocycles. The third-order valence-electron chi connectivity index (χ3n) is 6.43. The van der Waals surface area contributed by atoms with Crippen LogP contribution >= 0.6 is 0 Å². The molecule has 0 fully saturated rings. The van der Waals surface area contributed by atoms with Gasteiger partial charge in [0.1, 0.15) is 36.1 Å². The minimum Gasteiger partial charge on any atom is -0.492 e. The molecule has 0 aliphatic rings. The Morgan fingerprint density at radius 1 is 0.923 bits per heavy atom. The average Bonchev–Trinajstić information content (AvgIpc) is 3.31. The van der Waals surface area contributed by atoms with E-state index in [-0.39, 0.29) is 0 Å². The van der Waals surface area contributed by atoms with Gasteiger partial charge in [-0.15, -0.1) is 0 Å². The zero-order valence-electron chi connectivity index (χ0n) is 21.5. The lowest BCUT2D eigenvalue weighted by Crippen LogP contribution is -2.21. The molecular formula is C30H31N5O4. The molecule has 0 unspecified atom stereocenters. The minimum absolute atomic E-state index is 0.356. The first-order chi connectivity index (χ1) is 19.1. The van der Waals surface area contributed by atoms with E-state index in [1.165, 1.54) is 0 Å². The van der Waals surface area contributed by atoms with Gasteiger partial charge in [-0.05, 0) is 42.7 Å². The summed E-state index contributed by atoms with van der Waals surface area (Å²) in [6.07, 6.45) is 1.12. The summed E-state index contributed by atoms with van der Waals surface area (Å²) in [5, 5.41) is 12.2. The normalized spacial score (nSPS) is 11.1. The Morgan fingerprint density at radius 3 is 2.46 bits per heavy atom. The van der Waals surface area contributed by atoms with Gasteiger partial charge >= 0.3 is 6.09 Å². The van der Waals surface area contributed by atoms with Crippen LogP contribution in [0.1, 0.15) is 24.2 Å². The number of benzene rings is 3. The number of ether oxygens (including phenoxy) is 2. The number of para-hydroxylation sites is 1. The molecule has 4 N–H and O–H groups in total. The summed E-state index contributed by atoms with van der Waals surface area (Å²) in [6, 6.07) is 25.5. The van der Waals surface area contributed by atoms with Gasteiger partial charge < -0.3 is 30.2 Å². The van der Waals surface area contributed by atoms with Crippen LogP contribution in [0.15, 0.2) is 78.9 Å². The van der Waals surface area contributed by atoms with Crippen molar-refractivity contribution in [1.82, 2.24) is 19.9 Å². The maximum atomic E-state index is 10.8. The van der Waals surface area contributed by atoms with Crippen LogP contribution in [0.3, 0.4) is 0 Å². The van der Waals surface area contributed by atoms with Gasteiger partial charge in [0.25, 0.3) is 0 Å². The van der Waals surface area contributed by atoms with E-state index in [9.17, 15) is 4.79 Å². The molecule has 0 bridgehead atoms. The number of unbranched alkanes of at least 4 members (excludes halogenated alkanes) is 1. The predicted octanol–water partition coefficient (Wildman–Crippen LogP) is 5.42. The fourth-order valence-corrected chi connectivity index (χ4v) is 4.58. The topological polar surface area (TPSA) is 125 Å². The van der Waals surface area contributed by atoms with E-state index < -0.39 is 6.09 Å². The van der Waals surface area contributed by atoms with Gasteiger partial charge in [0.05, 0.1) is 17.6 Å². The second-order valence-electron chi connectivity index (χ2n) is 9.18. The highest BCUT2D eigenvalue weighted by Crippen LogP contribution is 2.31. The summed E-state index contributed by atoms with van der Waals surface area (Å²) in [4.78, 5) is 20.3. The molecule has 0 saturated heterocycles. The number of aromatic nitrogens is 3. The van der Waals surface area contributed by atoms with Crippen LogP contribution < -0.4 is 20.5 Å². The van der Waals surface area contributed by atoms with Gasteiger partial charge in [-0.2, -0.15) is 0 Å². The summed E-state index contributed by atoms with van der Waals surface area (Å²) in [6.45, 7) is 1.87. The number of hydrogen-bond donors (Lipinski definition) is 3. The Bertz CT molecular complexity index is 1550. The number of fused-ring (bicyclic) bond motifs is 3. The number of nitrogens with two attached hydrogens (primary N) is 1. The highest BCUT2D eigenvalue weighted by molar-refractivity contribution is 6.07. The quantitative estimate of drug-likeness (QED) is 0.186. The third kappa shape index (κ3) is 6.38. The summed E-state index contributed by atoms with van der Waals surface area (Å²) in [7, 11) is 0. The number of carbonyl (C=O) groups is 1. The van der Waals surface area contributed by atoms with Crippen molar-refractivity contribution < 1.29 is 19.4 Å². The Hall–Kier alpha value is -4.79. The van der Waals surface area contributed by atoms with Crippen molar-refractivity contribution in [3.63, 3.8) is 0 Å². The zero-order chi connectivity index (χ0) is 27.0. The van der Waals surface area contributed by atoms with Crippen molar-refractivity contribution in [1.29, 1.82) is 0 Å². The maximum Gasteiger partial charge on any atom is 0.404 e. The lowest BCUT2D eigenvalue weighted by molar-refractivity contribution is 0.194. The van der Waals surface area contributed by atoms with Gasteiger partial charge in [-0.25, -0.2) is 14.8 Å². The van der Waals surface area contributed by atoms with E-state index in [1.54, 1.807) is 0 Å². The fraction of sp³-hybridized carbons (Fsp3) is 0.233. The van der Waals surface area contributed by atoms with Gasteiger partial charge in [-0.1, -0.05) is 48.5 Å². The molecule has 39 heavy (non-hydrogen) atoms. The van der Waals surface area contributed by atoms with E-state index in [0.717, 1.165) is 40.0 Å². The van der Waals surface area contributed by atoms with Crippen molar-refractivity contribution in [3.8, 4) is 11.5 Å². The Labute approximate surface area is 226 Å². The molecule has 9 nitrogen and oxygen atoms in total. The van der Waals surface area contributed by atoms with Crippen molar-refractivity contribution in [2.24, 2.45) is 0 Å². The summed E-state index contributed by atoms with van der Waals surface area (Å²) < 4.78 is 14.2. The maximum absolute atomic E-state index is 10.8. The number of nitrogen functional groups attached to an aromatic ring is 1. The summed E-state index contributed by atoms with van der Waals surface area (Å²) >= 11 is 0. The van der Waals surface area contributed by atoms with Crippen LogP contribution in [0.25, 0.3) is 21.9 Å². The molecule has 5 aromatic rings. The first-order valence-electron chi connectivity index (χ1n) is 13.0. The smallest absolute Gasteiger partial charge is 0.404 e. The largest absolute Gasteiger partial charge is 0.492 e. The third-order valence-corrected chi connectivity index (χ3v) is 6.43. The minimum atomic E-state index is -1.02. The number of hydrogen-bond acceptors (Lipinski definition) is 6. The van der Waals surface area contributed by atoms with E-state index in [0.29, 0.717) is 56.2 Å². The molecule has 2 heterocycles. The Balaban J connectivity index is 1.43. The van der Waals surface area contributed by atoms with Crippen LogP contribution in [0.2, 0.25) is 0 Å². The summed E-state index contributed by atoms with van der Waals surface area (Å²) in [5.74, 6) is 2.73. The number of carboxylic acid groups (broad SMARTS) is 1. The second kappa shape index (κ2) is 12.2. The van der Waals surface area contributed by atoms with Gasteiger partial charge in [0.2, 0.25) is 0 Å². The molecule has 9 heteroatoms.